The second-order valence-electron chi connectivity index (χ2n) is 7.62. The average Bonchev–Trinajstić information content (AvgIpc) is 3.26. The van der Waals surface area contributed by atoms with Gasteiger partial charge in [0.25, 0.3) is 11.4 Å². The zero-order chi connectivity index (χ0) is 24.5. The zero-order valence-electron chi connectivity index (χ0n) is 18.2. The van der Waals surface area contributed by atoms with Gasteiger partial charge >= 0.3 is 6.18 Å². The fourth-order valence-corrected chi connectivity index (χ4v) is 3.59. The van der Waals surface area contributed by atoms with Crippen LogP contribution in [0.25, 0.3) is 22.8 Å². The Kier molecular flexibility index (Phi) is 6.06. The summed E-state index contributed by atoms with van der Waals surface area (Å²) < 4.78 is 46.2. The van der Waals surface area contributed by atoms with Gasteiger partial charge in [-0.3, -0.25) is 9.59 Å². The van der Waals surface area contributed by atoms with E-state index in [1.165, 1.54) is 12.1 Å². The van der Waals surface area contributed by atoms with E-state index in [0.29, 0.717) is 22.6 Å². The van der Waals surface area contributed by atoms with Crippen LogP contribution in [0.3, 0.4) is 0 Å². The van der Waals surface area contributed by atoms with Crippen LogP contribution in [0.5, 0.6) is 0 Å². The number of carbonyl (C=O) groups is 1. The van der Waals surface area contributed by atoms with Gasteiger partial charge in [0.2, 0.25) is 11.7 Å². The minimum Gasteiger partial charge on any atom is -0.333 e. The number of alkyl halides is 3. The third kappa shape index (κ3) is 4.61. The highest BCUT2D eigenvalue weighted by Gasteiger charge is 2.33. The molecule has 0 saturated carbocycles. The largest absolute Gasteiger partial charge is 0.418 e. The highest BCUT2D eigenvalue weighted by Crippen LogP contribution is 2.34. The maximum atomic E-state index is 13.2. The maximum absolute atomic E-state index is 13.2. The summed E-state index contributed by atoms with van der Waals surface area (Å²) in [5, 5.41) is 6.18. The van der Waals surface area contributed by atoms with Crippen LogP contribution in [0.4, 0.5) is 18.9 Å². The van der Waals surface area contributed by atoms with Crippen LogP contribution in [-0.2, 0) is 17.5 Å². The lowest BCUT2D eigenvalue weighted by Crippen LogP contribution is -2.31. The van der Waals surface area contributed by atoms with Crippen LogP contribution in [0.2, 0.25) is 0 Å². The third-order valence-electron chi connectivity index (χ3n) is 5.18. The molecule has 10 heteroatoms. The summed E-state index contributed by atoms with van der Waals surface area (Å²) in [5.41, 5.74) is -0.106. The normalized spacial score (nSPS) is 11.4. The van der Waals surface area contributed by atoms with Crippen LogP contribution in [0.1, 0.15) is 16.8 Å². The lowest BCUT2D eigenvalue weighted by Gasteiger charge is -2.15. The molecule has 1 amide bonds. The molecule has 0 saturated heterocycles. The number of halogens is 3. The number of anilines is 1. The third-order valence-corrected chi connectivity index (χ3v) is 5.18. The van der Waals surface area contributed by atoms with Crippen molar-refractivity contribution in [3.8, 4) is 22.8 Å². The first-order valence-corrected chi connectivity index (χ1v) is 10.2. The van der Waals surface area contributed by atoms with Crippen molar-refractivity contribution in [3.63, 3.8) is 0 Å². The standard InChI is InChI=1S/C24H19F3N4O3/c1-14-12-15(2)31(13-19(32)28-18-11-7-6-10-17(18)24(25,26)27)23(33)20(14)22-29-21(30-34-22)16-8-4-3-5-9-16/h3-12H,13H2,1-2H3,(H,28,32). The summed E-state index contributed by atoms with van der Waals surface area (Å²) in [4.78, 5) is 30.2. The Morgan fingerprint density at radius 3 is 2.44 bits per heavy atom. The minimum atomic E-state index is -4.64. The van der Waals surface area contributed by atoms with E-state index in [2.05, 4.69) is 15.5 Å². The molecule has 0 unspecified atom stereocenters. The van der Waals surface area contributed by atoms with Gasteiger partial charge in [0.05, 0.1) is 11.3 Å². The molecule has 0 bridgehead atoms. The SMILES string of the molecule is Cc1cc(C)n(CC(=O)Nc2ccccc2C(F)(F)F)c(=O)c1-c1nc(-c2ccccc2)no1. The second kappa shape index (κ2) is 8.97. The summed E-state index contributed by atoms with van der Waals surface area (Å²) in [7, 11) is 0. The first kappa shape index (κ1) is 23.0. The van der Waals surface area contributed by atoms with Gasteiger partial charge in [-0.2, -0.15) is 18.2 Å². The summed E-state index contributed by atoms with van der Waals surface area (Å²) in [5.74, 6) is -0.506. The van der Waals surface area contributed by atoms with Crippen LogP contribution in [-0.4, -0.2) is 20.6 Å². The predicted octanol–water partition coefficient (Wildman–Crippen LogP) is 4.84. The molecule has 0 spiro atoms. The molecule has 4 rings (SSSR count). The quantitative estimate of drug-likeness (QED) is 0.453. The summed E-state index contributed by atoms with van der Waals surface area (Å²) in [6, 6.07) is 15.3. The Hall–Kier alpha value is -4.21. The number of pyridine rings is 1. The summed E-state index contributed by atoms with van der Waals surface area (Å²) in [6.45, 7) is 2.82. The van der Waals surface area contributed by atoms with Gasteiger partial charge in [0, 0.05) is 11.3 Å². The number of rotatable bonds is 5. The van der Waals surface area contributed by atoms with Crippen molar-refractivity contribution < 1.29 is 22.5 Å². The smallest absolute Gasteiger partial charge is 0.333 e. The monoisotopic (exact) mass is 468 g/mol. The van der Waals surface area contributed by atoms with E-state index in [1.54, 1.807) is 32.0 Å². The summed E-state index contributed by atoms with van der Waals surface area (Å²) >= 11 is 0. The van der Waals surface area contributed by atoms with Crippen molar-refractivity contribution in [3.05, 3.63) is 87.8 Å². The van der Waals surface area contributed by atoms with E-state index in [1.807, 2.05) is 18.2 Å². The van der Waals surface area contributed by atoms with Crippen LogP contribution >= 0.6 is 0 Å². The topological polar surface area (TPSA) is 90.0 Å². The number of nitrogens with zero attached hydrogens (tertiary/aromatic N) is 3. The van der Waals surface area contributed by atoms with E-state index in [9.17, 15) is 22.8 Å². The molecule has 1 N–H and O–H groups in total. The van der Waals surface area contributed by atoms with Crippen molar-refractivity contribution in [2.24, 2.45) is 0 Å². The van der Waals surface area contributed by atoms with Crippen LogP contribution < -0.4 is 10.9 Å². The van der Waals surface area contributed by atoms with Crippen molar-refractivity contribution >= 4 is 11.6 Å². The van der Waals surface area contributed by atoms with Crippen molar-refractivity contribution in [1.82, 2.24) is 14.7 Å². The van der Waals surface area contributed by atoms with Gasteiger partial charge in [0.1, 0.15) is 12.1 Å². The molecule has 34 heavy (non-hydrogen) atoms. The number of aryl methyl sites for hydroxylation is 2. The van der Waals surface area contributed by atoms with Gasteiger partial charge in [-0.05, 0) is 37.6 Å². The number of para-hydroxylation sites is 1. The number of aromatic nitrogens is 3. The Labute approximate surface area is 191 Å². The first-order valence-electron chi connectivity index (χ1n) is 10.2. The second-order valence-corrected chi connectivity index (χ2v) is 7.62. The predicted molar refractivity (Wildman–Crippen MR) is 119 cm³/mol. The molecule has 2 aromatic heterocycles. The molecule has 0 aliphatic carbocycles. The molecular formula is C24H19F3N4O3. The Bertz CT molecular complexity index is 1410. The lowest BCUT2D eigenvalue weighted by atomic mass is 10.1. The van der Waals surface area contributed by atoms with Gasteiger partial charge < -0.3 is 14.4 Å². The van der Waals surface area contributed by atoms with E-state index < -0.39 is 29.8 Å². The fourth-order valence-electron chi connectivity index (χ4n) is 3.59. The number of nitrogens with one attached hydrogen (secondary N) is 1. The van der Waals surface area contributed by atoms with Crippen molar-refractivity contribution in [1.29, 1.82) is 0 Å². The Morgan fingerprint density at radius 1 is 1.06 bits per heavy atom. The van der Waals surface area contributed by atoms with Gasteiger partial charge in [-0.1, -0.05) is 47.6 Å². The summed E-state index contributed by atoms with van der Waals surface area (Å²) in [6.07, 6.45) is -4.64. The maximum Gasteiger partial charge on any atom is 0.418 e. The van der Waals surface area contributed by atoms with E-state index in [4.69, 9.17) is 4.52 Å². The zero-order valence-corrected chi connectivity index (χ0v) is 18.2. The molecule has 0 atom stereocenters. The van der Waals surface area contributed by atoms with Crippen LogP contribution in [0.15, 0.2) is 70.0 Å². The minimum absolute atomic E-state index is 0.0158. The molecule has 2 heterocycles. The molecule has 0 fully saturated rings. The molecule has 7 nitrogen and oxygen atoms in total. The van der Waals surface area contributed by atoms with Gasteiger partial charge in [-0.25, -0.2) is 0 Å². The molecule has 2 aromatic carbocycles. The highest BCUT2D eigenvalue weighted by atomic mass is 19.4. The fraction of sp³-hybridized carbons (Fsp3) is 0.167. The number of carbonyl (C=O) groups excluding carboxylic acids is 1. The molecule has 0 aliphatic rings. The number of benzene rings is 2. The Morgan fingerprint density at radius 2 is 1.74 bits per heavy atom. The van der Waals surface area contributed by atoms with E-state index >= 15 is 0 Å². The number of amides is 1. The van der Waals surface area contributed by atoms with Gasteiger partial charge in [0.15, 0.2) is 0 Å². The van der Waals surface area contributed by atoms with E-state index in [-0.39, 0.29) is 17.1 Å². The molecular weight excluding hydrogens is 449 g/mol. The average molecular weight is 468 g/mol. The molecule has 174 valence electrons. The lowest BCUT2D eigenvalue weighted by molar-refractivity contribution is -0.137. The highest BCUT2D eigenvalue weighted by molar-refractivity contribution is 5.91. The molecule has 4 aromatic rings. The number of hydrogen-bond acceptors (Lipinski definition) is 5. The van der Waals surface area contributed by atoms with E-state index in [0.717, 1.165) is 16.7 Å². The van der Waals surface area contributed by atoms with Gasteiger partial charge in [-0.15, -0.1) is 0 Å². The van der Waals surface area contributed by atoms with Crippen molar-refractivity contribution in [2.75, 3.05) is 5.32 Å². The number of hydrogen-bond donors (Lipinski definition) is 1. The molecule has 0 aliphatic heterocycles. The van der Waals surface area contributed by atoms with Crippen LogP contribution in [0, 0.1) is 13.8 Å². The Balaban J connectivity index is 1.65. The van der Waals surface area contributed by atoms with Crippen molar-refractivity contribution in [2.45, 2.75) is 26.6 Å². The molecule has 0 radical (unpaired) electrons. The first-order chi connectivity index (χ1) is 16.1.